The van der Waals surface area contributed by atoms with E-state index >= 15 is 0 Å². The summed E-state index contributed by atoms with van der Waals surface area (Å²) in [4.78, 5) is 0. The number of benzene rings is 1. The van der Waals surface area contributed by atoms with E-state index in [1.54, 1.807) is 12.2 Å². The van der Waals surface area contributed by atoms with Crippen molar-refractivity contribution in [1.29, 1.82) is 0 Å². The average molecular weight is 348 g/mol. The summed E-state index contributed by atoms with van der Waals surface area (Å²) in [7, 11) is -1.22. The molecule has 2 aliphatic rings. The fourth-order valence-corrected chi connectivity index (χ4v) is 5.52. The molecule has 0 fully saturated rings. The maximum absolute atomic E-state index is 13.0. The lowest BCUT2D eigenvalue weighted by Crippen LogP contribution is -2.19. The van der Waals surface area contributed by atoms with Crippen LogP contribution in [0, 0.1) is 0 Å². The van der Waals surface area contributed by atoms with Gasteiger partial charge in [-0.25, -0.2) is 0 Å². The molecule has 0 saturated heterocycles. The first kappa shape index (κ1) is 16.3. The lowest BCUT2D eigenvalue weighted by atomic mass is 10.1. The van der Waals surface area contributed by atoms with Crippen LogP contribution < -0.4 is 5.30 Å². The van der Waals surface area contributed by atoms with Crippen molar-refractivity contribution >= 4 is 13.2 Å². The molecule has 0 N–H and O–H groups in total. The van der Waals surface area contributed by atoms with Crippen molar-refractivity contribution in [3.05, 3.63) is 65.8 Å². The highest BCUT2D eigenvalue weighted by atomic mass is 31.1. The van der Waals surface area contributed by atoms with Crippen molar-refractivity contribution in [2.75, 3.05) is 0 Å². The van der Waals surface area contributed by atoms with Crippen molar-refractivity contribution in [1.82, 2.24) is 0 Å². The quantitative estimate of drug-likeness (QED) is 0.369. The third-order valence-electron chi connectivity index (χ3n) is 3.75. The predicted octanol–water partition coefficient (Wildman–Crippen LogP) is 5.26. The number of hydrogen-bond acceptors (Lipinski definition) is 0. The molecule has 0 amide bonds. The van der Waals surface area contributed by atoms with Crippen LogP contribution in [0.2, 0.25) is 0 Å². The molecule has 0 nitrogen and oxygen atoms in total. The predicted molar refractivity (Wildman–Crippen MR) is 78.0 cm³/mol. The van der Waals surface area contributed by atoms with Gasteiger partial charge in [0.25, 0.3) is 0 Å². The third kappa shape index (κ3) is 3.23. The van der Waals surface area contributed by atoms with Gasteiger partial charge in [-0.15, -0.1) is 0 Å². The minimum absolute atomic E-state index is 0.123. The van der Waals surface area contributed by atoms with E-state index in [0.29, 0.717) is 0 Å². The zero-order chi connectivity index (χ0) is 16.8. The Bertz CT molecular complexity index is 641. The van der Waals surface area contributed by atoms with Crippen LogP contribution in [0.15, 0.2) is 54.7 Å². The molecule has 0 radical (unpaired) electrons. The Hall–Kier alpha value is -1.55. The minimum Gasteiger partial charge on any atom is -0.166 e. The van der Waals surface area contributed by atoms with Gasteiger partial charge in [-0.3, -0.25) is 0 Å². The molecule has 1 aromatic rings. The van der Waals surface area contributed by atoms with Gasteiger partial charge in [0.2, 0.25) is 0 Å². The van der Waals surface area contributed by atoms with Crippen LogP contribution in [0.4, 0.5) is 26.3 Å². The average Bonchev–Trinajstić information content (AvgIpc) is 2.69. The SMILES string of the molecule is FC(F)(F)c1cc(P2C3C=CC=CC2C=C3)cc(C(F)(F)F)c1. The van der Waals surface area contributed by atoms with Gasteiger partial charge in [-0.1, -0.05) is 44.4 Å². The van der Waals surface area contributed by atoms with E-state index in [1.807, 2.05) is 24.3 Å². The van der Waals surface area contributed by atoms with Gasteiger partial charge in [0, 0.05) is 11.3 Å². The first-order chi connectivity index (χ1) is 10.7. The molecule has 0 aromatic heterocycles. The van der Waals surface area contributed by atoms with E-state index in [1.165, 1.54) is 0 Å². The van der Waals surface area contributed by atoms with E-state index in [0.717, 1.165) is 12.1 Å². The molecule has 2 heterocycles. The molecule has 23 heavy (non-hydrogen) atoms. The minimum atomic E-state index is -4.81. The van der Waals surface area contributed by atoms with Gasteiger partial charge in [0.15, 0.2) is 0 Å². The van der Waals surface area contributed by atoms with Crippen LogP contribution in [-0.4, -0.2) is 11.3 Å². The van der Waals surface area contributed by atoms with Crippen LogP contribution in [0.25, 0.3) is 0 Å². The smallest absolute Gasteiger partial charge is 0.166 e. The topological polar surface area (TPSA) is 0 Å². The van der Waals surface area contributed by atoms with Crippen molar-refractivity contribution in [2.45, 2.75) is 23.7 Å². The lowest BCUT2D eigenvalue weighted by molar-refractivity contribution is -0.142. The number of allylic oxidation sites excluding steroid dienone is 6. The standard InChI is InChI=1S/C16H11F6P/c17-15(18,19)10-7-11(16(20,21)22)9-14(8-10)23-12-3-1-2-4-13(23)6-5-12/h1-9,12-13H. The molecule has 1 aromatic carbocycles. The van der Waals surface area contributed by atoms with E-state index in [-0.39, 0.29) is 22.7 Å². The summed E-state index contributed by atoms with van der Waals surface area (Å²) in [6, 6.07) is 1.90. The fourth-order valence-electron chi connectivity index (χ4n) is 2.71. The van der Waals surface area contributed by atoms with Crippen molar-refractivity contribution in [3.8, 4) is 0 Å². The summed E-state index contributed by atoms with van der Waals surface area (Å²) in [5.74, 6) is 0. The molecule has 2 aliphatic heterocycles. The molecule has 2 bridgehead atoms. The van der Waals surface area contributed by atoms with Crippen LogP contribution in [0.3, 0.4) is 0 Å². The van der Waals surface area contributed by atoms with Crippen molar-refractivity contribution < 1.29 is 26.3 Å². The van der Waals surface area contributed by atoms with Gasteiger partial charge in [-0.05, 0) is 23.5 Å². The molecule has 7 heteroatoms. The van der Waals surface area contributed by atoms with Crippen LogP contribution in [0.1, 0.15) is 11.1 Å². The van der Waals surface area contributed by atoms with E-state index in [4.69, 9.17) is 0 Å². The molecule has 122 valence electrons. The Morgan fingerprint density at radius 2 is 1.09 bits per heavy atom. The Balaban J connectivity index is 2.12. The van der Waals surface area contributed by atoms with Gasteiger partial charge in [0.1, 0.15) is 0 Å². The summed E-state index contributed by atoms with van der Waals surface area (Å²) >= 11 is 0. The van der Waals surface area contributed by atoms with Crippen molar-refractivity contribution in [3.63, 3.8) is 0 Å². The highest BCUT2D eigenvalue weighted by Gasteiger charge is 2.39. The summed E-state index contributed by atoms with van der Waals surface area (Å²) in [5.41, 5.74) is -2.79. The normalized spacial score (nSPS) is 26.6. The Morgan fingerprint density at radius 1 is 0.652 bits per heavy atom. The zero-order valence-electron chi connectivity index (χ0n) is 11.6. The van der Waals surface area contributed by atoms with Gasteiger partial charge < -0.3 is 0 Å². The zero-order valence-corrected chi connectivity index (χ0v) is 12.5. The summed E-state index contributed by atoms with van der Waals surface area (Å²) in [6.07, 6.45) is 1.28. The summed E-state index contributed by atoms with van der Waals surface area (Å²) in [5, 5.41) is 0.123. The van der Waals surface area contributed by atoms with Gasteiger partial charge in [-0.2, -0.15) is 26.3 Å². The number of rotatable bonds is 1. The first-order valence-electron chi connectivity index (χ1n) is 6.77. The van der Waals surface area contributed by atoms with Crippen LogP contribution >= 0.6 is 7.92 Å². The molecule has 2 atom stereocenters. The van der Waals surface area contributed by atoms with Gasteiger partial charge in [0.05, 0.1) is 11.1 Å². The Labute approximate surface area is 129 Å². The second-order valence-electron chi connectivity index (χ2n) is 5.31. The molecule has 3 rings (SSSR count). The third-order valence-corrected chi connectivity index (χ3v) is 6.57. The summed E-state index contributed by atoms with van der Waals surface area (Å²) < 4.78 is 77.9. The molecule has 0 saturated carbocycles. The maximum Gasteiger partial charge on any atom is 0.416 e. The molecule has 2 unspecified atom stereocenters. The number of alkyl halides is 6. The highest BCUT2D eigenvalue weighted by Crippen LogP contribution is 2.54. The monoisotopic (exact) mass is 348 g/mol. The highest BCUT2D eigenvalue weighted by molar-refractivity contribution is 7.68. The van der Waals surface area contributed by atoms with Crippen molar-refractivity contribution in [2.24, 2.45) is 0 Å². The number of hydrogen-bond donors (Lipinski definition) is 0. The second kappa shape index (κ2) is 5.52. The van der Waals surface area contributed by atoms with E-state index in [9.17, 15) is 26.3 Å². The lowest BCUT2D eigenvalue weighted by Gasteiger charge is -2.24. The maximum atomic E-state index is 13.0. The number of halogens is 6. The molecular weight excluding hydrogens is 337 g/mol. The van der Waals surface area contributed by atoms with E-state index < -0.39 is 31.4 Å². The fraction of sp³-hybridized carbons (Fsp3) is 0.250. The second-order valence-corrected chi connectivity index (χ2v) is 7.83. The largest absolute Gasteiger partial charge is 0.416 e. The van der Waals surface area contributed by atoms with E-state index in [2.05, 4.69) is 0 Å². The molecular formula is C16H11F6P. The molecule has 0 spiro atoms. The summed E-state index contributed by atoms with van der Waals surface area (Å²) in [6.45, 7) is 0. The first-order valence-corrected chi connectivity index (χ1v) is 8.25. The van der Waals surface area contributed by atoms with Gasteiger partial charge >= 0.3 is 12.4 Å². The van der Waals surface area contributed by atoms with Crippen LogP contribution in [-0.2, 0) is 12.4 Å². The van der Waals surface area contributed by atoms with Crippen LogP contribution in [0.5, 0.6) is 0 Å². The number of fused-ring (bicyclic) bond motifs is 2. The Kier molecular flexibility index (Phi) is 3.91. The Morgan fingerprint density at radius 3 is 1.48 bits per heavy atom. The molecule has 0 aliphatic carbocycles.